The lowest BCUT2D eigenvalue weighted by Crippen LogP contribution is -2.26. The summed E-state index contributed by atoms with van der Waals surface area (Å²) in [5, 5.41) is 14.0. The summed E-state index contributed by atoms with van der Waals surface area (Å²) in [5.74, 6) is 0.598. The van der Waals surface area contributed by atoms with Gasteiger partial charge in [-0.05, 0) is 48.4 Å². The van der Waals surface area contributed by atoms with E-state index in [1.165, 1.54) is 6.26 Å². The maximum absolute atomic E-state index is 12.1. The monoisotopic (exact) mass is 321 g/mol. The Kier molecular flexibility index (Phi) is 3.96. The quantitative estimate of drug-likeness (QED) is 0.879. The van der Waals surface area contributed by atoms with Crippen LogP contribution in [0.15, 0.2) is 23.1 Å². The van der Waals surface area contributed by atoms with Crippen molar-refractivity contribution in [1.29, 1.82) is 0 Å². The van der Waals surface area contributed by atoms with E-state index in [9.17, 15) is 8.42 Å². The summed E-state index contributed by atoms with van der Waals surface area (Å²) in [6, 6.07) is 5.58. The second-order valence-corrected chi connectivity index (χ2v) is 7.82. The van der Waals surface area contributed by atoms with E-state index in [1.807, 2.05) is 6.07 Å². The van der Waals surface area contributed by atoms with E-state index in [0.717, 1.165) is 31.2 Å². The Bertz CT molecular complexity index is 750. The Morgan fingerprint density at radius 1 is 1.23 bits per heavy atom. The van der Waals surface area contributed by atoms with E-state index in [2.05, 4.69) is 20.6 Å². The van der Waals surface area contributed by atoms with E-state index in [4.69, 9.17) is 5.73 Å². The van der Waals surface area contributed by atoms with Gasteiger partial charge in [0.1, 0.15) is 0 Å². The number of aromatic nitrogens is 4. The lowest BCUT2D eigenvalue weighted by Gasteiger charge is -2.28. The minimum atomic E-state index is -3.38. The van der Waals surface area contributed by atoms with Crippen LogP contribution >= 0.6 is 0 Å². The molecule has 0 unspecified atom stereocenters. The molecule has 118 valence electrons. The van der Waals surface area contributed by atoms with Crippen molar-refractivity contribution in [2.24, 2.45) is 5.73 Å². The number of sulfone groups is 1. The number of hydrogen-bond donors (Lipinski definition) is 2. The molecule has 0 amide bonds. The summed E-state index contributed by atoms with van der Waals surface area (Å²) < 4.78 is 24.3. The van der Waals surface area contributed by atoms with Crippen LogP contribution in [-0.4, -0.2) is 41.3 Å². The third-order valence-electron chi connectivity index (χ3n) is 4.24. The molecule has 0 radical (unpaired) electrons. The van der Waals surface area contributed by atoms with E-state index >= 15 is 0 Å². The molecule has 7 nitrogen and oxygen atoms in total. The van der Waals surface area contributed by atoms with Crippen molar-refractivity contribution in [2.45, 2.75) is 42.5 Å². The molecule has 22 heavy (non-hydrogen) atoms. The van der Waals surface area contributed by atoms with Crippen LogP contribution in [0.4, 0.5) is 0 Å². The van der Waals surface area contributed by atoms with Crippen LogP contribution in [0.5, 0.6) is 0 Å². The van der Waals surface area contributed by atoms with Crippen molar-refractivity contribution in [1.82, 2.24) is 20.6 Å². The highest BCUT2D eigenvalue weighted by molar-refractivity contribution is 7.90. The van der Waals surface area contributed by atoms with Crippen molar-refractivity contribution < 1.29 is 8.42 Å². The number of tetrazole rings is 1. The first-order chi connectivity index (χ1) is 10.5. The third kappa shape index (κ3) is 2.89. The van der Waals surface area contributed by atoms with Crippen molar-refractivity contribution in [3.05, 3.63) is 23.8 Å². The number of nitrogens with two attached hydrogens (primary N) is 1. The molecule has 0 spiro atoms. The average molecular weight is 321 g/mol. The fourth-order valence-corrected chi connectivity index (χ4v) is 4.04. The Morgan fingerprint density at radius 3 is 2.55 bits per heavy atom. The van der Waals surface area contributed by atoms with Crippen LogP contribution in [0.1, 0.15) is 37.2 Å². The van der Waals surface area contributed by atoms with Gasteiger partial charge in [-0.1, -0.05) is 12.1 Å². The minimum Gasteiger partial charge on any atom is -0.328 e. The van der Waals surface area contributed by atoms with Gasteiger partial charge in [-0.2, -0.15) is 5.21 Å². The summed E-state index contributed by atoms with van der Waals surface area (Å²) in [6.45, 7) is 0. The second-order valence-electron chi connectivity index (χ2n) is 5.84. The first-order valence-electron chi connectivity index (χ1n) is 7.29. The van der Waals surface area contributed by atoms with Crippen LogP contribution < -0.4 is 5.73 Å². The zero-order valence-electron chi connectivity index (χ0n) is 12.4. The van der Waals surface area contributed by atoms with Crippen molar-refractivity contribution in [3.8, 4) is 11.4 Å². The average Bonchev–Trinajstić information content (AvgIpc) is 3.00. The molecular weight excluding hydrogens is 302 g/mol. The molecule has 3 N–H and O–H groups in total. The summed E-state index contributed by atoms with van der Waals surface area (Å²) in [6.07, 6.45) is 4.98. The molecule has 1 saturated carbocycles. The smallest absolute Gasteiger partial charge is 0.206 e. The molecule has 8 heteroatoms. The van der Waals surface area contributed by atoms with Crippen LogP contribution in [-0.2, 0) is 9.84 Å². The molecule has 1 aliphatic carbocycles. The lowest BCUT2D eigenvalue weighted by atomic mass is 9.80. The number of rotatable bonds is 3. The molecular formula is C14H19N5O2S. The standard InChI is InChI=1S/C14H19N5O2S/c1-22(20,21)12-4-2-3-11(9-5-7-10(15)8-6-9)13(12)14-16-18-19-17-14/h2-4,9-10H,5-8,15H2,1H3,(H,16,17,18,19). The normalized spacial score (nSPS) is 22.6. The van der Waals surface area contributed by atoms with Crippen LogP contribution in [0.25, 0.3) is 11.4 Å². The molecule has 0 bridgehead atoms. The molecule has 0 atom stereocenters. The molecule has 2 aromatic rings. The van der Waals surface area contributed by atoms with Crippen molar-refractivity contribution >= 4 is 9.84 Å². The van der Waals surface area contributed by atoms with Gasteiger partial charge in [0.2, 0.25) is 5.82 Å². The molecule has 1 aromatic heterocycles. The fraction of sp³-hybridized carbons (Fsp3) is 0.500. The number of hydrogen-bond acceptors (Lipinski definition) is 6. The van der Waals surface area contributed by atoms with Crippen LogP contribution in [0, 0.1) is 0 Å². The molecule has 1 aliphatic rings. The summed E-state index contributed by atoms with van der Waals surface area (Å²) in [7, 11) is -3.38. The highest BCUT2D eigenvalue weighted by Crippen LogP contribution is 2.39. The number of aromatic amines is 1. The van der Waals surface area contributed by atoms with Gasteiger partial charge in [0, 0.05) is 17.9 Å². The predicted molar refractivity (Wildman–Crippen MR) is 81.9 cm³/mol. The Labute approximate surface area is 129 Å². The van der Waals surface area contributed by atoms with Crippen LogP contribution in [0.3, 0.4) is 0 Å². The maximum atomic E-state index is 12.1. The molecule has 0 aliphatic heterocycles. The Hall–Kier alpha value is -1.80. The number of nitrogens with zero attached hydrogens (tertiary/aromatic N) is 3. The first kappa shape index (κ1) is 15.1. The number of H-pyrrole nitrogens is 1. The molecule has 1 heterocycles. The van der Waals surface area contributed by atoms with E-state index in [-0.39, 0.29) is 16.9 Å². The summed E-state index contributed by atoms with van der Waals surface area (Å²) in [5.41, 5.74) is 7.51. The molecule has 3 rings (SSSR count). The van der Waals surface area contributed by atoms with Gasteiger partial charge in [0.05, 0.1) is 4.90 Å². The summed E-state index contributed by atoms with van der Waals surface area (Å²) in [4.78, 5) is 0.251. The van der Waals surface area contributed by atoms with Gasteiger partial charge in [-0.25, -0.2) is 8.42 Å². The van der Waals surface area contributed by atoms with Crippen LogP contribution in [0.2, 0.25) is 0 Å². The largest absolute Gasteiger partial charge is 0.328 e. The van der Waals surface area contributed by atoms with E-state index < -0.39 is 9.84 Å². The van der Waals surface area contributed by atoms with Gasteiger partial charge >= 0.3 is 0 Å². The summed E-state index contributed by atoms with van der Waals surface area (Å²) >= 11 is 0. The van der Waals surface area contributed by atoms with Crippen molar-refractivity contribution in [3.63, 3.8) is 0 Å². The zero-order chi connectivity index (χ0) is 15.7. The number of benzene rings is 1. The molecule has 1 fully saturated rings. The van der Waals surface area contributed by atoms with Gasteiger partial charge in [-0.15, -0.1) is 10.2 Å². The first-order valence-corrected chi connectivity index (χ1v) is 9.18. The SMILES string of the molecule is CS(=O)(=O)c1cccc(C2CCC(N)CC2)c1-c1nn[nH]n1. The Balaban J connectivity index is 2.14. The lowest BCUT2D eigenvalue weighted by molar-refractivity contribution is 0.395. The maximum Gasteiger partial charge on any atom is 0.206 e. The molecule has 1 aromatic carbocycles. The zero-order valence-corrected chi connectivity index (χ0v) is 13.2. The van der Waals surface area contributed by atoms with Gasteiger partial charge in [0.15, 0.2) is 9.84 Å². The highest BCUT2D eigenvalue weighted by atomic mass is 32.2. The predicted octanol–water partition coefficient (Wildman–Crippen LogP) is 1.26. The van der Waals surface area contributed by atoms with E-state index in [1.54, 1.807) is 12.1 Å². The second kappa shape index (κ2) is 5.77. The fourth-order valence-electron chi connectivity index (χ4n) is 3.13. The molecule has 0 saturated heterocycles. The van der Waals surface area contributed by atoms with Gasteiger partial charge in [-0.3, -0.25) is 0 Å². The highest BCUT2D eigenvalue weighted by Gasteiger charge is 2.27. The number of nitrogens with one attached hydrogen (secondary N) is 1. The Morgan fingerprint density at radius 2 is 1.95 bits per heavy atom. The third-order valence-corrected chi connectivity index (χ3v) is 5.38. The van der Waals surface area contributed by atoms with Crippen molar-refractivity contribution in [2.75, 3.05) is 6.26 Å². The van der Waals surface area contributed by atoms with E-state index in [0.29, 0.717) is 11.4 Å². The topological polar surface area (TPSA) is 115 Å². The van der Waals surface area contributed by atoms with Gasteiger partial charge < -0.3 is 5.73 Å². The van der Waals surface area contributed by atoms with Gasteiger partial charge in [0.25, 0.3) is 0 Å². The minimum absolute atomic E-state index is 0.239.